The standard InChI is InChI=1S/C65H122O5/c1-4-7-10-13-16-19-22-25-28-31-32-33-34-36-37-40-43-46-49-52-55-58-64(66)69-62-63(61-68-60-57-54-51-48-45-42-39-30-27-24-21-18-15-12-9-6-3)70-65(67)59-56-53-50-47-44-41-38-35-29-26-23-20-17-14-11-8-5-2/h17,20,25-26,28-29,63H,4-16,18-19,21-24,27,30-62H2,1-3H3/b20-17-,28-25-,29-26-/t63-/m1/s1. The topological polar surface area (TPSA) is 61.8 Å². The van der Waals surface area contributed by atoms with E-state index < -0.39 is 6.10 Å². The van der Waals surface area contributed by atoms with Gasteiger partial charge in [0.25, 0.3) is 0 Å². The first kappa shape index (κ1) is 68.1. The minimum atomic E-state index is -0.537. The summed E-state index contributed by atoms with van der Waals surface area (Å²) in [7, 11) is 0. The van der Waals surface area contributed by atoms with Gasteiger partial charge >= 0.3 is 11.9 Å². The normalized spacial score (nSPS) is 12.3. The molecular weight excluding hydrogens is 861 g/mol. The molecule has 0 amide bonds. The zero-order chi connectivity index (χ0) is 50.6. The Bertz CT molecular complexity index is 1110. The zero-order valence-corrected chi connectivity index (χ0v) is 47.6. The molecule has 0 aromatic carbocycles. The zero-order valence-electron chi connectivity index (χ0n) is 47.6. The predicted molar refractivity (Wildman–Crippen MR) is 307 cm³/mol. The number of hydrogen-bond acceptors (Lipinski definition) is 5. The van der Waals surface area contributed by atoms with Crippen molar-refractivity contribution in [3.63, 3.8) is 0 Å². The van der Waals surface area contributed by atoms with Gasteiger partial charge < -0.3 is 14.2 Å². The Morgan fingerprint density at radius 1 is 0.314 bits per heavy atom. The lowest BCUT2D eigenvalue weighted by Crippen LogP contribution is -2.30. The van der Waals surface area contributed by atoms with Crippen molar-refractivity contribution in [2.45, 2.75) is 348 Å². The van der Waals surface area contributed by atoms with Crippen LogP contribution in [0.3, 0.4) is 0 Å². The molecule has 0 radical (unpaired) electrons. The molecule has 0 N–H and O–H groups in total. The van der Waals surface area contributed by atoms with Crippen LogP contribution in [0.5, 0.6) is 0 Å². The van der Waals surface area contributed by atoms with Crippen molar-refractivity contribution in [2.75, 3.05) is 19.8 Å². The van der Waals surface area contributed by atoms with E-state index in [-0.39, 0.29) is 18.5 Å². The van der Waals surface area contributed by atoms with Crippen LogP contribution in [0.4, 0.5) is 0 Å². The molecule has 0 aliphatic rings. The number of hydrogen-bond donors (Lipinski definition) is 0. The summed E-state index contributed by atoms with van der Waals surface area (Å²) in [6.07, 6.45) is 76.0. The Hall–Kier alpha value is -1.88. The highest BCUT2D eigenvalue weighted by Crippen LogP contribution is 2.17. The number of rotatable bonds is 59. The number of unbranched alkanes of at least 4 members (excludes halogenated alkanes) is 42. The molecule has 0 aromatic heterocycles. The van der Waals surface area contributed by atoms with Crippen molar-refractivity contribution in [2.24, 2.45) is 0 Å². The maximum Gasteiger partial charge on any atom is 0.306 e. The van der Waals surface area contributed by atoms with Crippen molar-refractivity contribution in [3.8, 4) is 0 Å². The number of ether oxygens (including phenoxy) is 3. The summed E-state index contributed by atoms with van der Waals surface area (Å²) >= 11 is 0. The van der Waals surface area contributed by atoms with E-state index in [1.807, 2.05) is 0 Å². The van der Waals surface area contributed by atoms with Crippen molar-refractivity contribution >= 4 is 11.9 Å². The van der Waals surface area contributed by atoms with Crippen molar-refractivity contribution in [1.82, 2.24) is 0 Å². The van der Waals surface area contributed by atoms with Gasteiger partial charge in [0.15, 0.2) is 6.10 Å². The van der Waals surface area contributed by atoms with Crippen LogP contribution in [0.1, 0.15) is 342 Å². The van der Waals surface area contributed by atoms with E-state index >= 15 is 0 Å². The molecule has 5 heteroatoms. The second kappa shape index (κ2) is 61.4. The summed E-state index contributed by atoms with van der Waals surface area (Å²) < 4.78 is 17.5. The van der Waals surface area contributed by atoms with Gasteiger partial charge in [0.2, 0.25) is 0 Å². The van der Waals surface area contributed by atoms with Gasteiger partial charge in [-0.05, 0) is 77.0 Å². The summed E-state index contributed by atoms with van der Waals surface area (Å²) in [6.45, 7) is 7.87. The third-order valence-corrected chi connectivity index (χ3v) is 14.1. The Labute approximate surface area is 438 Å². The van der Waals surface area contributed by atoms with E-state index in [4.69, 9.17) is 14.2 Å². The molecule has 0 heterocycles. The lowest BCUT2D eigenvalue weighted by Gasteiger charge is -2.18. The van der Waals surface area contributed by atoms with Gasteiger partial charge in [-0.25, -0.2) is 0 Å². The maximum atomic E-state index is 12.9. The number of allylic oxidation sites excluding steroid dienone is 6. The summed E-state index contributed by atoms with van der Waals surface area (Å²) in [4.78, 5) is 25.6. The van der Waals surface area contributed by atoms with Gasteiger partial charge in [0.05, 0.1) is 6.61 Å². The van der Waals surface area contributed by atoms with Gasteiger partial charge in [-0.2, -0.15) is 0 Å². The van der Waals surface area contributed by atoms with Crippen LogP contribution in [-0.4, -0.2) is 37.9 Å². The fourth-order valence-corrected chi connectivity index (χ4v) is 9.42. The summed E-state index contributed by atoms with van der Waals surface area (Å²) in [5, 5.41) is 0. The number of carbonyl (C=O) groups excluding carboxylic acids is 2. The molecular formula is C65H122O5. The van der Waals surface area contributed by atoms with E-state index in [0.29, 0.717) is 26.1 Å². The van der Waals surface area contributed by atoms with E-state index in [9.17, 15) is 9.59 Å². The van der Waals surface area contributed by atoms with Crippen molar-refractivity contribution < 1.29 is 23.8 Å². The molecule has 0 unspecified atom stereocenters. The summed E-state index contributed by atoms with van der Waals surface area (Å²) in [6, 6.07) is 0. The molecule has 0 bridgehead atoms. The van der Waals surface area contributed by atoms with Crippen LogP contribution < -0.4 is 0 Å². The van der Waals surface area contributed by atoms with Crippen LogP contribution in [0.2, 0.25) is 0 Å². The lowest BCUT2D eigenvalue weighted by molar-refractivity contribution is -0.163. The highest BCUT2D eigenvalue weighted by molar-refractivity contribution is 5.70. The second-order valence-electron chi connectivity index (χ2n) is 21.3. The fourth-order valence-electron chi connectivity index (χ4n) is 9.42. The monoisotopic (exact) mass is 983 g/mol. The average molecular weight is 984 g/mol. The second-order valence-corrected chi connectivity index (χ2v) is 21.3. The largest absolute Gasteiger partial charge is 0.462 e. The van der Waals surface area contributed by atoms with Crippen molar-refractivity contribution in [3.05, 3.63) is 36.5 Å². The van der Waals surface area contributed by atoms with E-state index in [0.717, 1.165) is 44.9 Å². The molecule has 0 saturated heterocycles. The third kappa shape index (κ3) is 58.7. The Balaban J connectivity index is 4.22. The van der Waals surface area contributed by atoms with Gasteiger partial charge in [-0.3, -0.25) is 9.59 Å². The predicted octanol–water partition coefficient (Wildman–Crippen LogP) is 21.7. The molecule has 0 rings (SSSR count). The van der Waals surface area contributed by atoms with Crippen LogP contribution in [0.25, 0.3) is 0 Å². The molecule has 0 aliphatic heterocycles. The van der Waals surface area contributed by atoms with Gasteiger partial charge in [-0.15, -0.1) is 0 Å². The molecule has 412 valence electrons. The Morgan fingerprint density at radius 3 is 0.986 bits per heavy atom. The average Bonchev–Trinajstić information content (AvgIpc) is 3.36. The Morgan fingerprint density at radius 2 is 0.600 bits per heavy atom. The van der Waals surface area contributed by atoms with E-state index in [1.54, 1.807) is 0 Å². The molecule has 0 aliphatic carbocycles. The van der Waals surface area contributed by atoms with Gasteiger partial charge in [0.1, 0.15) is 6.61 Å². The highest BCUT2D eigenvalue weighted by Gasteiger charge is 2.18. The molecule has 0 saturated carbocycles. The quantitative estimate of drug-likeness (QED) is 0.0345. The first-order valence-electron chi connectivity index (χ1n) is 31.5. The van der Waals surface area contributed by atoms with E-state index in [2.05, 4.69) is 57.2 Å². The Kier molecular flexibility index (Phi) is 59.8. The lowest BCUT2D eigenvalue weighted by atomic mass is 10.0. The maximum absolute atomic E-state index is 12.9. The minimum absolute atomic E-state index is 0.0877. The van der Waals surface area contributed by atoms with Gasteiger partial charge in [0, 0.05) is 19.4 Å². The first-order valence-corrected chi connectivity index (χ1v) is 31.5. The van der Waals surface area contributed by atoms with E-state index in [1.165, 1.54) is 263 Å². The summed E-state index contributed by atoms with van der Waals surface area (Å²) in [5.74, 6) is -0.384. The molecule has 1 atom stereocenters. The molecule has 70 heavy (non-hydrogen) atoms. The fraction of sp³-hybridized carbons (Fsp3) is 0.877. The van der Waals surface area contributed by atoms with Crippen LogP contribution in [0.15, 0.2) is 36.5 Å². The van der Waals surface area contributed by atoms with Crippen molar-refractivity contribution in [1.29, 1.82) is 0 Å². The van der Waals surface area contributed by atoms with Crippen LogP contribution in [0, 0.1) is 0 Å². The highest BCUT2D eigenvalue weighted by atomic mass is 16.6. The number of carbonyl (C=O) groups is 2. The van der Waals surface area contributed by atoms with Crippen LogP contribution >= 0.6 is 0 Å². The molecule has 5 nitrogen and oxygen atoms in total. The molecule has 0 fully saturated rings. The number of esters is 2. The molecule has 0 spiro atoms. The van der Waals surface area contributed by atoms with Crippen LogP contribution in [-0.2, 0) is 23.8 Å². The van der Waals surface area contributed by atoms with Gasteiger partial charge in [-0.1, -0.05) is 288 Å². The minimum Gasteiger partial charge on any atom is -0.462 e. The summed E-state index contributed by atoms with van der Waals surface area (Å²) in [5.41, 5.74) is 0. The first-order chi connectivity index (χ1) is 34.6. The third-order valence-electron chi connectivity index (χ3n) is 14.1. The SMILES string of the molecule is CCCCC/C=C\C/C=C\CCCCCCCCCC(=O)O[C@H](COCCCCCCCCCCCCCCCCCC)COC(=O)CCCCCCCCCCCCC/C=C\CCCCCCCC. The smallest absolute Gasteiger partial charge is 0.306 e. The molecule has 0 aromatic rings.